The van der Waals surface area contributed by atoms with Gasteiger partial charge in [0.1, 0.15) is 0 Å². The van der Waals surface area contributed by atoms with E-state index in [1.54, 1.807) is 0 Å². The van der Waals surface area contributed by atoms with E-state index < -0.39 is 0 Å². The zero-order valence-corrected chi connectivity index (χ0v) is 10.9. The highest BCUT2D eigenvalue weighted by Crippen LogP contribution is 2.38. The summed E-state index contributed by atoms with van der Waals surface area (Å²) in [6, 6.07) is 0. The van der Waals surface area contributed by atoms with Gasteiger partial charge < -0.3 is 10.1 Å². The highest BCUT2D eigenvalue weighted by molar-refractivity contribution is 4.88. The van der Waals surface area contributed by atoms with Crippen LogP contribution in [0.3, 0.4) is 0 Å². The minimum Gasteiger partial charge on any atom is -0.381 e. The summed E-state index contributed by atoms with van der Waals surface area (Å²) < 4.78 is 5.65. The van der Waals surface area contributed by atoms with E-state index in [0.717, 1.165) is 19.8 Å². The Bertz CT molecular complexity index is 177. The normalized spacial score (nSPS) is 20.8. The SMILES string of the molecule is CCOCC1(CNC(C)(C)C)CCCC1. The topological polar surface area (TPSA) is 21.3 Å². The van der Waals surface area contributed by atoms with Gasteiger partial charge in [0, 0.05) is 24.1 Å². The Morgan fingerprint density at radius 1 is 1.20 bits per heavy atom. The van der Waals surface area contributed by atoms with Gasteiger partial charge in [-0.2, -0.15) is 0 Å². The predicted octanol–water partition coefficient (Wildman–Crippen LogP) is 2.97. The van der Waals surface area contributed by atoms with Crippen molar-refractivity contribution in [1.82, 2.24) is 5.32 Å². The zero-order chi connectivity index (χ0) is 11.4. The fraction of sp³-hybridized carbons (Fsp3) is 1.00. The molecule has 1 aliphatic carbocycles. The second-order valence-corrected chi connectivity index (χ2v) is 5.95. The van der Waals surface area contributed by atoms with Crippen LogP contribution in [0.2, 0.25) is 0 Å². The van der Waals surface area contributed by atoms with E-state index in [4.69, 9.17) is 4.74 Å². The summed E-state index contributed by atoms with van der Waals surface area (Å²) in [4.78, 5) is 0. The number of hydrogen-bond acceptors (Lipinski definition) is 2. The Morgan fingerprint density at radius 3 is 2.27 bits per heavy atom. The highest BCUT2D eigenvalue weighted by Gasteiger charge is 2.34. The molecule has 15 heavy (non-hydrogen) atoms. The molecule has 1 aliphatic rings. The lowest BCUT2D eigenvalue weighted by atomic mass is 9.86. The van der Waals surface area contributed by atoms with E-state index in [0.29, 0.717) is 5.41 Å². The summed E-state index contributed by atoms with van der Waals surface area (Å²) in [5, 5.41) is 3.63. The summed E-state index contributed by atoms with van der Waals surface area (Å²) in [6.45, 7) is 11.7. The number of nitrogens with one attached hydrogen (secondary N) is 1. The molecule has 2 nitrogen and oxygen atoms in total. The molecule has 1 saturated carbocycles. The highest BCUT2D eigenvalue weighted by atomic mass is 16.5. The van der Waals surface area contributed by atoms with Gasteiger partial charge in [0.15, 0.2) is 0 Å². The molecule has 1 fully saturated rings. The summed E-state index contributed by atoms with van der Waals surface area (Å²) >= 11 is 0. The summed E-state index contributed by atoms with van der Waals surface area (Å²) in [6.07, 6.45) is 5.41. The molecule has 90 valence electrons. The smallest absolute Gasteiger partial charge is 0.0534 e. The zero-order valence-electron chi connectivity index (χ0n) is 10.9. The molecule has 0 aromatic rings. The summed E-state index contributed by atoms with van der Waals surface area (Å²) in [7, 11) is 0. The van der Waals surface area contributed by atoms with Crippen molar-refractivity contribution in [2.75, 3.05) is 19.8 Å². The molecule has 0 aromatic carbocycles. The average Bonchev–Trinajstić information content (AvgIpc) is 2.60. The summed E-state index contributed by atoms with van der Waals surface area (Å²) in [5.41, 5.74) is 0.644. The van der Waals surface area contributed by atoms with Crippen LogP contribution in [0.5, 0.6) is 0 Å². The largest absolute Gasteiger partial charge is 0.381 e. The molecule has 0 saturated heterocycles. The lowest BCUT2D eigenvalue weighted by Crippen LogP contribution is -2.44. The van der Waals surface area contributed by atoms with Crippen molar-refractivity contribution < 1.29 is 4.74 Å². The first kappa shape index (κ1) is 13.0. The van der Waals surface area contributed by atoms with Gasteiger partial charge in [-0.1, -0.05) is 12.8 Å². The van der Waals surface area contributed by atoms with Crippen LogP contribution in [0.15, 0.2) is 0 Å². The number of ether oxygens (including phenoxy) is 1. The molecule has 2 heteroatoms. The molecule has 0 bridgehead atoms. The van der Waals surface area contributed by atoms with Crippen LogP contribution in [-0.2, 0) is 4.74 Å². The lowest BCUT2D eigenvalue weighted by Gasteiger charge is -2.33. The van der Waals surface area contributed by atoms with Crippen molar-refractivity contribution in [3.8, 4) is 0 Å². The first-order chi connectivity index (χ1) is 6.97. The second kappa shape index (κ2) is 5.31. The molecule has 0 amide bonds. The third-order valence-electron chi connectivity index (χ3n) is 3.27. The summed E-state index contributed by atoms with van der Waals surface area (Å²) in [5.74, 6) is 0. The maximum absolute atomic E-state index is 5.65. The van der Waals surface area contributed by atoms with Gasteiger partial charge in [0.2, 0.25) is 0 Å². The Kier molecular flexibility index (Phi) is 4.60. The van der Waals surface area contributed by atoms with E-state index in [1.165, 1.54) is 25.7 Å². The van der Waals surface area contributed by atoms with Crippen molar-refractivity contribution >= 4 is 0 Å². The van der Waals surface area contributed by atoms with Gasteiger partial charge in [-0.05, 0) is 40.5 Å². The van der Waals surface area contributed by atoms with Crippen LogP contribution >= 0.6 is 0 Å². The van der Waals surface area contributed by atoms with Gasteiger partial charge in [-0.25, -0.2) is 0 Å². The third-order valence-corrected chi connectivity index (χ3v) is 3.27. The molecular formula is C13H27NO. The van der Waals surface area contributed by atoms with Crippen LogP contribution in [-0.4, -0.2) is 25.3 Å². The van der Waals surface area contributed by atoms with Crippen LogP contribution < -0.4 is 5.32 Å². The van der Waals surface area contributed by atoms with Crippen molar-refractivity contribution in [3.63, 3.8) is 0 Å². The van der Waals surface area contributed by atoms with Gasteiger partial charge in [-0.15, -0.1) is 0 Å². The van der Waals surface area contributed by atoms with Gasteiger partial charge in [0.05, 0.1) is 6.61 Å². The Balaban J connectivity index is 2.42. The first-order valence-corrected chi connectivity index (χ1v) is 6.30. The molecule has 0 aromatic heterocycles. The maximum atomic E-state index is 5.65. The molecule has 0 radical (unpaired) electrons. The maximum Gasteiger partial charge on any atom is 0.0534 e. The Labute approximate surface area is 94.8 Å². The van der Waals surface area contributed by atoms with Crippen molar-refractivity contribution in [3.05, 3.63) is 0 Å². The average molecular weight is 213 g/mol. The van der Waals surface area contributed by atoms with E-state index in [9.17, 15) is 0 Å². The Morgan fingerprint density at radius 2 is 1.80 bits per heavy atom. The van der Waals surface area contributed by atoms with Crippen molar-refractivity contribution in [2.45, 2.75) is 58.9 Å². The fourth-order valence-electron chi connectivity index (χ4n) is 2.27. The molecule has 0 spiro atoms. The van der Waals surface area contributed by atoms with Crippen LogP contribution in [0.4, 0.5) is 0 Å². The van der Waals surface area contributed by atoms with E-state index in [1.807, 2.05) is 0 Å². The number of rotatable bonds is 5. The van der Waals surface area contributed by atoms with E-state index >= 15 is 0 Å². The molecule has 0 heterocycles. The molecule has 0 atom stereocenters. The second-order valence-electron chi connectivity index (χ2n) is 5.95. The fourth-order valence-corrected chi connectivity index (χ4v) is 2.27. The van der Waals surface area contributed by atoms with Crippen LogP contribution in [0, 0.1) is 5.41 Å². The van der Waals surface area contributed by atoms with Crippen molar-refractivity contribution in [1.29, 1.82) is 0 Å². The molecule has 0 aliphatic heterocycles. The van der Waals surface area contributed by atoms with Crippen LogP contribution in [0.25, 0.3) is 0 Å². The van der Waals surface area contributed by atoms with E-state index in [-0.39, 0.29) is 5.54 Å². The molecule has 1 N–H and O–H groups in total. The molecule has 1 rings (SSSR count). The quantitative estimate of drug-likeness (QED) is 0.758. The van der Waals surface area contributed by atoms with Crippen LogP contribution in [0.1, 0.15) is 53.4 Å². The molecular weight excluding hydrogens is 186 g/mol. The first-order valence-electron chi connectivity index (χ1n) is 6.30. The van der Waals surface area contributed by atoms with E-state index in [2.05, 4.69) is 33.0 Å². The monoisotopic (exact) mass is 213 g/mol. The number of hydrogen-bond donors (Lipinski definition) is 1. The minimum atomic E-state index is 0.224. The molecule has 0 unspecified atom stereocenters. The minimum absolute atomic E-state index is 0.224. The van der Waals surface area contributed by atoms with Crippen molar-refractivity contribution in [2.24, 2.45) is 5.41 Å². The third kappa shape index (κ3) is 4.52. The van der Waals surface area contributed by atoms with Gasteiger partial charge in [0.25, 0.3) is 0 Å². The van der Waals surface area contributed by atoms with Gasteiger partial charge in [-0.3, -0.25) is 0 Å². The predicted molar refractivity (Wildman–Crippen MR) is 65.1 cm³/mol. The standard InChI is InChI=1S/C13H27NO/c1-5-15-11-13(8-6-7-9-13)10-14-12(2,3)4/h14H,5-11H2,1-4H3. The Hall–Kier alpha value is -0.0800. The lowest BCUT2D eigenvalue weighted by molar-refractivity contribution is 0.0499. The van der Waals surface area contributed by atoms with Gasteiger partial charge >= 0.3 is 0 Å².